The summed E-state index contributed by atoms with van der Waals surface area (Å²) in [6, 6.07) is 0. The van der Waals surface area contributed by atoms with Gasteiger partial charge in [-0.15, -0.1) is 0 Å². The maximum atomic E-state index is 9.01. The second-order valence-electron chi connectivity index (χ2n) is 3.38. The average molecular weight is 166 g/mol. The van der Waals surface area contributed by atoms with E-state index >= 15 is 0 Å². The van der Waals surface area contributed by atoms with E-state index in [2.05, 4.69) is 24.3 Å². The van der Waals surface area contributed by atoms with Crippen LogP contribution in [0.4, 0.5) is 0 Å². The van der Waals surface area contributed by atoms with Gasteiger partial charge in [0.05, 0.1) is 0 Å². The molecule has 1 aliphatic carbocycles. The molecule has 0 aromatic heterocycles. The van der Waals surface area contributed by atoms with Crippen molar-refractivity contribution in [1.82, 2.24) is 0 Å². The molecule has 0 aromatic carbocycles. The predicted octanol–water partition coefficient (Wildman–Crippen LogP) is 2.67. The lowest BCUT2D eigenvalue weighted by Crippen LogP contribution is -2.04. The van der Waals surface area contributed by atoms with E-state index in [0.29, 0.717) is 12.5 Å². The summed E-state index contributed by atoms with van der Waals surface area (Å²) in [4.78, 5) is 0. The second kappa shape index (κ2) is 6.01. The lowest BCUT2D eigenvalue weighted by atomic mass is 9.99. The molecule has 0 spiro atoms. The van der Waals surface area contributed by atoms with Crippen LogP contribution in [0, 0.1) is 5.92 Å². The van der Waals surface area contributed by atoms with Crippen LogP contribution in [-0.2, 0) is 0 Å². The molecular formula is C11H18O. The molecule has 0 radical (unpaired) electrons. The molecule has 0 amide bonds. The fourth-order valence-electron chi connectivity index (χ4n) is 1.45. The van der Waals surface area contributed by atoms with Crippen LogP contribution in [0.15, 0.2) is 24.3 Å². The van der Waals surface area contributed by atoms with Crippen LogP contribution >= 0.6 is 0 Å². The molecule has 1 rings (SSSR count). The first kappa shape index (κ1) is 9.53. The second-order valence-corrected chi connectivity index (χ2v) is 3.38. The minimum absolute atomic E-state index is 0.332. The van der Waals surface area contributed by atoms with E-state index in [1.165, 1.54) is 6.42 Å². The number of hydrogen-bond donors (Lipinski definition) is 1. The summed E-state index contributed by atoms with van der Waals surface area (Å²) >= 11 is 0. The fraction of sp³-hybridized carbons (Fsp3) is 0.636. The molecule has 1 aliphatic rings. The zero-order valence-corrected chi connectivity index (χ0v) is 7.58. The van der Waals surface area contributed by atoms with Crippen LogP contribution < -0.4 is 0 Å². The van der Waals surface area contributed by atoms with Crippen LogP contribution in [0.3, 0.4) is 0 Å². The van der Waals surface area contributed by atoms with Crippen molar-refractivity contribution < 1.29 is 5.11 Å². The van der Waals surface area contributed by atoms with Crippen LogP contribution in [0.2, 0.25) is 0 Å². The maximum Gasteiger partial charge on any atom is 0.0462 e. The maximum absolute atomic E-state index is 9.01. The molecule has 1 N–H and O–H groups in total. The third-order valence-corrected chi connectivity index (χ3v) is 2.30. The Morgan fingerprint density at radius 3 is 2.42 bits per heavy atom. The van der Waals surface area contributed by atoms with Crippen molar-refractivity contribution in [2.75, 3.05) is 6.61 Å². The van der Waals surface area contributed by atoms with Gasteiger partial charge < -0.3 is 5.11 Å². The quantitative estimate of drug-likeness (QED) is 0.594. The van der Waals surface area contributed by atoms with E-state index in [0.717, 1.165) is 25.7 Å². The van der Waals surface area contributed by atoms with Gasteiger partial charge in [0, 0.05) is 6.61 Å². The van der Waals surface area contributed by atoms with Gasteiger partial charge >= 0.3 is 0 Å². The molecule has 0 bridgehead atoms. The molecule has 0 aliphatic heterocycles. The number of aliphatic hydroxyl groups excluding tert-OH is 1. The molecule has 1 nitrogen and oxygen atoms in total. The van der Waals surface area contributed by atoms with Gasteiger partial charge in [-0.3, -0.25) is 0 Å². The molecule has 0 fully saturated rings. The van der Waals surface area contributed by atoms with Gasteiger partial charge in [-0.25, -0.2) is 0 Å². The summed E-state index contributed by atoms with van der Waals surface area (Å²) in [5, 5.41) is 9.01. The Balaban J connectivity index is 2.37. The van der Waals surface area contributed by atoms with Gasteiger partial charge in [0.1, 0.15) is 0 Å². The van der Waals surface area contributed by atoms with Crippen LogP contribution in [0.1, 0.15) is 32.1 Å². The Bertz CT molecular complexity index is 158. The highest BCUT2D eigenvalue weighted by Gasteiger charge is 2.03. The van der Waals surface area contributed by atoms with Gasteiger partial charge in [0.25, 0.3) is 0 Å². The number of hydrogen-bond acceptors (Lipinski definition) is 1. The van der Waals surface area contributed by atoms with Crippen molar-refractivity contribution in [2.24, 2.45) is 5.92 Å². The summed E-state index contributed by atoms with van der Waals surface area (Å²) in [6.45, 7) is 0.332. The molecule has 0 heterocycles. The topological polar surface area (TPSA) is 20.2 Å². The molecule has 12 heavy (non-hydrogen) atoms. The lowest BCUT2D eigenvalue weighted by Gasteiger charge is -2.10. The molecule has 1 atom stereocenters. The van der Waals surface area contributed by atoms with Crippen molar-refractivity contribution in [3.8, 4) is 0 Å². The summed E-state index contributed by atoms with van der Waals surface area (Å²) in [5.41, 5.74) is 0. The van der Waals surface area contributed by atoms with E-state index in [-0.39, 0.29) is 0 Å². The minimum atomic E-state index is 0.332. The average Bonchev–Trinajstić information content (AvgIpc) is 2.14. The largest absolute Gasteiger partial charge is 0.396 e. The van der Waals surface area contributed by atoms with Crippen molar-refractivity contribution in [1.29, 1.82) is 0 Å². The minimum Gasteiger partial charge on any atom is -0.396 e. The van der Waals surface area contributed by atoms with Crippen LogP contribution in [-0.4, -0.2) is 11.7 Å². The SMILES string of the molecule is OCC1C/C=C\CC/C=C\CC1. The number of rotatable bonds is 1. The predicted molar refractivity (Wildman–Crippen MR) is 51.9 cm³/mol. The van der Waals surface area contributed by atoms with E-state index in [1.807, 2.05) is 0 Å². The smallest absolute Gasteiger partial charge is 0.0462 e. The van der Waals surface area contributed by atoms with Crippen molar-refractivity contribution >= 4 is 0 Å². The lowest BCUT2D eigenvalue weighted by molar-refractivity contribution is 0.220. The molecule has 0 aromatic rings. The van der Waals surface area contributed by atoms with Crippen molar-refractivity contribution in [3.63, 3.8) is 0 Å². The Morgan fingerprint density at radius 1 is 1.00 bits per heavy atom. The molecular weight excluding hydrogens is 148 g/mol. The summed E-state index contributed by atoms with van der Waals surface area (Å²) in [5.74, 6) is 0.476. The summed E-state index contributed by atoms with van der Waals surface area (Å²) in [7, 11) is 0. The van der Waals surface area contributed by atoms with Crippen LogP contribution in [0.25, 0.3) is 0 Å². The normalized spacial score (nSPS) is 30.9. The van der Waals surface area contributed by atoms with E-state index in [1.54, 1.807) is 0 Å². The third-order valence-electron chi connectivity index (χ3n) is 2.30. The highest BCUT2D eigenvalue weighted by atomic mass is 16.3. The summed E-state index contributed by atoms with van der Waals surface area (Å²) < 4.78 is 0. The third kappa shape index (κ3) is 3.72. The molecule has 1 unspecified atom stereocenters. The highest BCUT2D eigenvalue weighted by Crippen LogP contribution is 2.13. The first-order valence-electron chi connectivity index (χ1n) is 4.84. The molecule has 0 saturated carbocycles. The summed E-state index contributed by atoms with van der Waals surface area (Å²) in [6.07, 6.45) is 14.5. The van der Waals surface area contributed by atoms with Gasteiger partial charge in [-0.05, 0) is 38.0 Å². The Kier molecular flexibility index (Phi) is 4.77. The van der Waals surface area contributed by atoms with Gasteiger partial charge in [0.15, 0.2) is 0 Å². The van der Waals surface area contributed by atoms with Crippen LogP contribution in [0.5, 0.6) is 0 Å². The van der Waals surface area contributed by atoms with Gasteiger partial charge in [-0.2, -0.15) is 0 Å². The Morgan fingerprint density at radius 2 is 1.67 bits per heavy atom. The fourth-order valence-corrected chi connectivity index (χ4v) is 1.45. The van der Waals surface area contributed by atoms with E-state index < -0.39 is 0 Å². The molecule has 0 saturated heterocycles. The van der Waals surface area contributed by atoms with Crippen molar-refractivity contribution in [3.05, 3.63) is 24.3 Å². The number of allylic oxidation sites excluding steroid dienone is 4. The van der Waals surface area contributed by atoms with Gasteiger partial charge in [-0.1, -0.05) is 24.3 Å². The van der Waals surface area contributed by atoms with E-state index in [9.17, 15) is 0 Å². The van der Waals surface area contributed by atoms with Gasteiger partial charge in [0.2, 0.25) is 0 Å². The zero-order valence-electron chi connectivity index (χ0n) is 7.58. The van der Waals surface area contributed by atoms with E-state index in [4.69, 9.17) is 5.11 Å². The monoisotopic (exact) mass is 166 g/mol. The first-order chi connectivity index (χ1) is 5.93. The standard InChI is InChI=1S/C11H18O/c12-10-11-8-6-4-2-1-3-5-7-9-11/h2,4-5,7,11-12H,1,3,6,8-10H2/b4-2-,7-5-. The zero-order chi connectivity index (χ0) is 8.65. The molecule has 68 valence electrons. The number of aliphatic hydroxyl groups is 1. The van der Waals surface area contributed by atoms with Crippen molar-refractivity contribution in [2.45, 2.75) is 32.1 Å². The Hall–Kier alpha value is -0.560. The Labute approximate surface area is 74.8 Å². The molecule has 1 heteroatoms. The first-order valence-corrected chi connectivity index (χ1v) is 4.84. The highest BCUT2D eigenvalue weighted by molar-refractivity contribution is 4.91.